The number of carbonyl (C=O) groups excluding carboxylic acids is 1. The summed E-state index contributed by atoms with van der Waals surface area (Å²) in [5.74, 6) is -0.609. The molecule has 0 aromatic heterocycles. The number of benzene rings is 2. The Bertz CT molecular complexity index is 885. The highest BCUT2D eigenvalue weighted by molar-refractivity contribution is 7.89. The molecule has 0 saturated heterocycles. The van der Waals surface area contributed by atoms with Crippen molar-refractivity contribution in [1.29, 1.82) is 0 Å². The molecule has 1 amide bonds. The Morgan fingerprint density at radius 2 is 1.77 bits per heavy atom. The predicted octanol–water partition coefficient (Wildman–Crippen LogP) is 2.15. The second-order valence-corrected chi connectivity index (χ2v) is 8.32. The monoisotopic (exact) mass is 379 g/mol. The molecule has 0 spiro atoms. The van der Waals surface area contributed by atoms with Crippen molar-refractivity contribution in [3.8, 4) is 0 Å². The van der Waals surface area contributed by atoms with Gasteiger partial charge in [-0.1, -0.05) is 18.2 Å². The molecule has 26 heavy (non-hydrogen) atoms. The van der Waals surface area contributed by atoms with Crippen LogP contribution in [0, 0.1) is 5.82 Å². The highest BCUT2D eigenvalue weighted by Crippen LogP contribution is 2.18. The third-order valence-corrected chi connectivity index (χ3v) is 5.46. The molecule has 0 fully saturated rings. The first kappa shape index (κ1) is 20.0. The van der Waals surface area contributed by atoms with Crippen LogP contribution in [0.5, 0.6) is 0 Å². The number of hydrogen-bond acceptors (Lipinski definition) is 4. The van der Waals surface area contributed by atoms with Crippen molar-refractivity contribution < 1.29 is 17.6 Å². The van der Waals surface area contributed by atoms with Gasteiger partial charge in [-0.2, -0.15) is 0 Å². The Hall–Kier alpha value is -2.29. The number of anilines is 1. The van der Waals surface area contributed by atoms with Crippen molar-refractivity contribution in [2.24, 2.45) is 0 Å². The van der Waals surface area contributed by atoms with Crippen LogP contribution in [0.2, 0.25) is 0 Å². The highest BCUT2D eigenvalue weighted by Gasteiger charge is 2.17. The molecule has 0 saturated carbocycles. The largest absolute Gasteiger partial charge is 0.325 e. The molecule has 8 heteroatoms. The third-order valence-electron chi connectivity index (χ3n) is 3.65. The number of amides is 1. The lowest BCUT2D eigenvalue weighted by Gasteiger charge is -2.17. The van der Waals surface area contributed by atoms with E-state index >= 15 is 0 Å². The smallest absolute Gasteiger partial charge is 0.242 e. The van der Waals surface area contributed by atoms with E-state index in [1.165, 1.54) is 38.4 Å². The summed E-state index contributed by atoms with van der Waals surface area (Å²) in [5, 5.41) is 2.68. The van der Waals surface area contributed by atoms with Gasteiger partial charge in [0.2, 0.25) is 15.9 Å². The summed E-state index contributed by atoms with van der Waals surface area (Å²) in [5.41, 5.74) is 1.16. The molecule has 2 rings (SSSR count). The average molecular weight is 379 g/mol. The molecular formula is C18H22FN3O3S. The van der Waals surface area contributed by atoms with E-state index in [0.717, 1.165) is 9.87 Å². The van der Waals surface area contributed by atoms with Gasteiger partial charge in [0.05, 0.1) is 11.4 Å². The van der Waals surface area contributed by atoms with E-state index in [2.05, 4.69) is 5.32 Å². The molecule has 2 aromatic carbocycles. The molecule has 0 aliphatic carbocycles. The summed E-state index contributed by atoms with van der Waals surface area (Å²) < 4.78 is 38.6. The molecule has 0 aliphatic heterocycles. The maximum atomic E-state index is 13.2. The number of nitrogens with one attached hydrogen (secondary N) is 1. The minimum atomic E-state index is -3.57. The van der Waals surface area contributed by atoms with Gasteiger partial charge >= 0.3 is 0 Å². The van der Waals surface area contributed by atoms with Crippen LogP contribution >= 0.6 is 0 Å². The van der Waals surface area contributed by atoms with Gasteiger partial charge in [-0.05, 0) is 42.9 Å². The fraction of sp³-hybridized carbons (Fsp3) is 0.278. The Kier molecular flexibility index (Phi) is 6.47. The molecular weight excluding hydrogens is 357 g/mol. The fourth-order valence-corrected chi connectivity index (χ4v) is 3.34. The van der Waals surface area contributed by atoms with Gasteiger partial charge in [0, 0.05) is 26.3 Å². The van der Waals surface area contributed by atoms with E-state index in [1.54, 1.807) is 36.2 Å². The van der Waals surface area contributed by atoms with Crippen LogP contribution < -0.4 is 5.32 Å². The van der Waals surface area contributed by atoms with E-state index in [0.29, 0.717) is 12.2 Å². The SMILES string of the molecule is CN(CC(=O)Nc1cccc(S(=O)(=O)N(C)C)c1)Cc1cccc(F)c1. The number of nitrogens with zero attached hydrogens (tertiary/aromatic N) is 2. The molecule has 0 heterocycles. The zero-order valence-corrected chi connectivity index (χ0v) is 15.8. The second kappa shape index (κ2) is 8.39. The van der Waals surface area contributed by atoms with Gasteiger partial charge in [0.15, 0.2) is 0 Å². The van der Waals surface area contributed by atoms with Crippen molar-refractivity contribution in [3.05, 3.63) is 59.9 Å². The van der Waals surface area contributed by atoms with Gasteiger partial charge in [0.1, 0.15) is 5.82 Å². The lowest BCUT2D eigenvalue weighted by Crippen LogP contribution is -2.30. The second-order valence-electron chi connectivity index (χ2n) is 6.17. The maximum Gasteiger partial charge on any atom is 0.242 e. The number of hydrogen-bond donors (Lipinski definition) is 1. The van der Waals surface area contributed by atoms with Crippen LogP contribution in [0.4, 0.5) is 10.1 Å². The van der Waals surface area contributed by atoms with Gasteiger partial charge < -0.3 is 5.32 Å². The standard InChI is InChI=1S/C18H22FN3O3S/c1-21(2)26(24,25)17-9-5-8-16(11-17)20-18(23)13-22(3)12-14-6-4-7-15(19)10-14/h4-11H,12-13H2,1-3H3,(H,20,23). The molecule has 0 atom stereocenters. The first-order valence-electron chi connectivity index (χ1n) is 7.94. The minimum Gasteiger partial charge on any atom is -0.325 e. The summed E-state index contributed by atoms with van der Waals surface area (Å²) in [6, 6.07) is 12.3. The van der Waals surface area contributed by atoms with E-state index < -0.39 is 10.0 Å². The van der Waals surface area contributed by atoms with Crippen molar-refractivity contribution >= 4 is 21.6 Å². The van der Waals surface area contributed by atoms with E-state index in [9.17, 15) is 17.6 Å². The first-order valence-corrected chi connectivity index (χ1v) is 9.38. The van der Waals surface area contributed by atoms with Gasteiger partial charge in [0.25, 0.3) is 0 Å². The zero-order valence-electron chi connectivity index (χ0n) is 14.9. The van der Waals surface area contributed by atoms with Crippen LogP contribution in [0.3, 0.4) is 0 Å². The summed E-state index contributed by atoms with van der Waals surface area (Å²) in [6.45, 7) is 0.501. The van der Waals surface area contributed by atoms with Gasteiger partial charge in [-0.25, -0.2) is 17.1 Å². The summed E-state index contributed by atoms with van der Waals surface area (Å²) in [4.78, 5) is 14.0. The highest BCUT2D eigenvalue weighted by atomic mass is 32.2. The average Bonchev–Trinajstić information content (AvgIpc) is 2.54. The lowest BCUT2D eigenvalue weighted by atomic mass is 10.2. The maximum absolute atomic E-state index is 13.2. The Balaban J connectivity index is 1.99. The molecule has 0 unspecified atom stereocenters. The fourth-order valence-electron chi connectivity index (χ4n) is 2.39. The molecule has 140 valence electrons. The van der Waals surface area contributed by atoms with Crippen LogP contribution in [-0.4, -0.2) is 51.2 Å². The van der Waals surface area contributed by atoms with Crippen molar-refractivity contribution in [2.75, 3.05) is 33.0 Å². The van der Waals surface area contributed by atoms with E-state index in [4.69, 9.17) is 0 Å². The Morgan fingerprint density at radius 3 is 2.42 bits per heavy atom. The van der Waals surface area contributed by atoms with Gasteiger partial charge in [-0.3, -0.25) is 9.69 Å². The topological polar surface area (TPSA) is 69.7 Å². The van der Waals surface area contributed by atoms with E-state index in [-0.39, 0.29) is 23.2 Å². The predicted molar refractivity (Wildman–Crippen MR) is 98.7 cm³/mol. The van der Waals surface area contributed by atoms with Crippen LogP contribution in [0.1, 0.15) is 5.56 Å². The Labute approximate surface area is 153 Å². The van der Waals surface area contributed by atoms with Crippen molar-refractivity contribution in [1.82, 2.24) is 9.21 Å². The van der Waals surface area contributed by atoms with Crippen LogP contribution in [0.25, 0.3) is 0 Å². The number of halogens is 1. The number of likely N-dealkylation sites (N-methyl/N-ethyl adjacent to an activating group) is 1. The van der Waals surface area contributed by atoms with Gasteiger partial charge in [-0.15, -0.1) is 0 Å². The molecule has 0 radical (unpaired) electrons. The third kappa shape index (κ3) is 5.35. The summed E-state index contributed by atoms with van der Waals surface area (Å²) >= 11 is 0. The molecule has 0 bridgehead atoms. The molecule has 2 aromatic rings. The molecule has 1 N–H and O–H groups in total. The minimum absolute atomic E-state index is 0.0845. The van der Waals surface area contributed by atoms with Crippen molar-refractivity contribution in [3.63, 3.8) is 0 Å². The molecule has 6 nitrogen and oxygen atoms in total. The number of rotatable bonds is 7. The Morgan fingerprint density at radius 1 is 1.08 bits per heavy atom. The summed E-state index contributed by atoms with van der Waals surface area (Å²) in [6.07, 6.45) is 0. The first-order chi connectivity index (χ1) is 12.2. The van der Waals surface area contributed by atoms with Crippen molar-refractivity contribution in [2.45, 2.75) is 11.4 Å². The molecule has 0 aliphatic rings. The number of carbonyl (C=O) groups is 1. The van der Waals surface area contributed by atoms with Crippen LogP contribution in [0.15, 0.2) is 53.4 Å². The summed E-state index contributed by atoms with van der Waals surface area (Å²) in [7, 11) is 1.07. The normalized spacial score (nSPS) is 11.8. The lowest BCUT2D eigenvalue weighted by molar-refractivity contribution is -0.117. The number of sulfonamides is 1. The quantitative estimate of drug-likeness (QED) is 0.800. The zero-order chi connectivity index (χ0) is 19.3. The van der Waals surface area contributed by atoms with E-state index in [1.807, 2.05) is 0 Å². The van der Waals surface area contributed by atoms with Crippen LogP contribution in [-0.2, 0) is 21.4 Å².